The molecule has 3 rings (SSSR count). The van der Waals surface area contributed by atoms with E-state index in [0.29, 0.717) is 5.92 Å². The first-order valence-corrected chi connectivity index (χ1v) is 9.83. The van der Waals surface area contributed by atoms with Gasteiger partial charge in [-0.1, -0.05) is 30.3 Å². The molecule has 0 spiro atoms. The molecule has 0 amide bonds. The molecule has 1 aliphatic rings. The van der Waals surface area contributed by atoms with Crippen LogP contribution >= 0.6 is 0 Å². The molecule has 1 aliphatic carbocycles. The molecule has 2 aromatic rings. The summed E-state index contributed by atoms with van der Waals surface area (Å²) in [5.41, 5.74) is 3.23. The quantitative estimate of drug-likeness (QED) is 0.883. The number of nitrogens with one attached hydrogen (secondary N) is 2. The van der Waals surface area contributed by atoms with Crippen molar-refractivity contribution in [1.29, 1.82) is 0 Å². The number of benzene rings is 1. The van der Waals surface area contributed by atoms with Gasteiger partial charge in [0.05, 0.1) is 11.4 Å². The fourth-order valence-electron chi connectivity index (χ4n) is 3.16. The molecule has 1 aromatic heterocycles. The number of rotatable bonds is 5. The van der Waals surface area contributed by atoms with Crippen molar-refractivity contribution in [2.45, 2.75) is 44.6 Å². The van der Waals surface area contributed by atoms with Crippen LogP contribution in [0.25, 0.3) is 11.3 Å². The van der Waals surface area contributed by atoms with E-state index in [1.54, 1.807) is 6.92 Å². The Labute approximate surface area is 137 Å². The largest absolute Gasteiger partial charge is 0.282 e. The number of H-pyrrole nitrogens is 1. The van der Waals surface area contributed by atoms with Crippen LogP contribution in [0.5, 0.6) is 0 Å². The van der Waals surface area contributed by atoms with E-state index in [1.807, 2.05) is 18.2 Å². The van der Waals surface area contributed by atoms with Crippen molar-refractivity contribution in [2.24, 2.45) is 0 Å². The summed E-state index contributed by atoms with van der Waals surface area (Å²) in [6, 6.07) is 12.3. The number of hydrogen-bond donors (Lipinski definition) is 2. The first-order valence-electron chi connectivity index (χ1n) is 8.18. The number of aromatic nitrogens is 2. The molecule has 2 N–H and O–H groups in total. The summed E-state index contributed by atoms with van der Waals surface area (Å²) in [7, 11) is -3.10. The highest BCUT2D eigenvalue weighted by atomic mass is 32.2. The van der Waals surface area contributed by atoms with Gasteiger partial charge in [0.15, 0.2) is 0 Å². The van der Waals surface area contributed by atoms with Crippen LogP contribution < -0.4 is 4.72 Å². The molecule has 5 nitrogen and oxygen atoms in total. The molecular formula is C17H23N3O2S. The first kappa shape index (κ1) is 16.2. The summed E-state index contributed by atoms with van der Waals surface area (Å²) in [6.07, 6.45) is 3.72. The summed E-state index contributed by atoms with van der Waals surface area (Å²) in [5.74, 6) is 0.579. The van der Waals surface area contributed by atoms with Crippen LogP contribution in [0.1, 0.15) is 44.2 Å². The van der Waals surface area contributed by atoms with Gasteiger partial charge in [0, 0.05) is 23.2 Å². The standard InChI is InChI=1S/C17H23N3O2S/c1-2-23(21,22)20-15-10-8-14(9-11-15)17-12-16(18-19-17)13-6-4-3-5-7-13/h3-7,12,14-15,20H,2,8-11H2,1H3,(H,18,19). The van der Waals surface area contributed by atoms with Crippen LogP contribution in [0.3, 0.4) is 0 Å². The summed E-state index contributed by atoms with van der Waals surface area (Å²) >= 11 is 0. The SMILES string of the molecule is CCS(=O)(=O)NC1CCC(c2cc(-c3ccccc3)n[nH]2)CC1. The summed E-state index contributed by atoms with van der Waals surface area (Å²) < 4.78 is 26.1. The number of hydrogen-bond acceptors (Lipinski definition) is 3. The molecule has 0 bridgehead atoms. The van der Waals surface area contributed by atoms with Gasteiger partial charge in [-0.05, 0) is 38.7 Å². The zero-order valence-corrected chi connectivity index (χ0v) is 14.1. The van der Waals surface area contributed by atoms with Crippen LogP contribution in [0.4, 0.5) is 0 Å². The van der Waals surface area contributed by atoms with Gasteiger partial charge in [-0.25, -0.2) is 13.1 Å². The van der Waals surface area contributed by atoms with Gasteiger partial charge in [-0.2, -0.15) is 5.10 Å². The first-order chi connectivity index (χ1) is 11.1. The van der Waals surface area contributed by atoms with Crippen molar-refractivity contribution >= 4 is 10.0 Å². The molecule has 0 aliphatic heterocycles. The Bertz CT molecular complexity index is 732. The fourth-order valence-corrected chi connectivity index (χ4v) is 4.07. The smallest absolute Gasteiger partial charge is 0.211 e. The Morgan fingerprint density at radius 2 is 1.87 bits per heavy atom. The molecular weight excluding hydrogens is 310 g/mol. The van der Waals surface area contributed by atoms with Gasteiger partial charge >= 0.3 is 0 Å². The van der Waals surface area contributed by atoms with Crippen molar-refractivity contribution < 1.29 is 8.42 Å². The van der Waals surface area contributed by atoms with E-state index < -0.39 is 10.0 Å². The lowest BCUT2D eigenvalue weighted by Gasteiger charge is -2.28. The second-order valence-corrected chi connectivity index (χ2v) is 8.19. The minimum absolute atomic E-state index is 0.0766. The van der Waals surface area contributed by atoms with E-state index in [9.17, 15) is 8.42 Å². The molecule has 0 saturated heterocycles. The van der Waals surface area contributed by atoms with Crippen molar-refractivity contribution in [1.82, 2.24) is 14.9 Å². The number of aromatic amines is 1. The van der Waals surface area contributed by atoms with Crippen molar-refractivity contribution in [3.05, 3.63) is 42.1 Å². The molecule has 1 aromatic carbocycles. The second kappa shape index (κ2) is 6.84. The molecule has 1 saturated carbocycles. The minimum atomic E-state index is -3.10. The van der Waals surface area contributed by atoms with Crippen LogP contribution in [0, 0.1) is 0 Å². The molecule has 124 valence electrons. The number of sulfonamides is 1. The van der Waals surface area contributed by atoms with Crippen molar-refractivity contribution in [3.8, 4) is 11.3 Å². The molecule has 23 heavy (non-hydrogen) atoms. The maximum Gasteiger partial charge on any atom is 0.211 e. The molecule has 0 radical (unpaired) electrons. The summed E-state index contributed by atoms with van der Waals surface area (Å²) in [5, 5.41) is 7.58. The van der Waals surface area contributed by atoms with Crippen LogP contribution in [-0.2, 0) is 10.0 Å². The summed E-state index contributed by atoms with van der Waals surface area (Å²) in [4.78, 5) is 0. The average Bonchev–Trinajstić information content (AvgIpc) is 3.06. The third kappa shape index (κ3) is 4.00. The van der Waals surface area contributed by atoms with Gasteiger partial charge in [-0.3, -0.25) is 5.10 Å². The fraction of sp³-hybridized carbons (Fsp3) is 0.471. The van der Waals surface area contributed by atoms with Crippen molar-refractivity contribution in [3.63, 3.8) is 0 Å². The normalized spacial score (nSPS) is 22.1. The monoisotopic (exact) mass is 333 g/mol. The van der Waals surface area contributed by atoms with Crippen molar-refractivity contribution in [2.75, 3.05) is 5.75 Å². The van der Waals surface area contributed by atoms with Crippen LogP contribution in [0.2, 0.25) is 0 Å². The van der Waals surface area contributed by atoms with E-state index in [-0.39, 0.29) is 11.8 Å². The van der Waals surface area contributed by atoms with Gasteiger partial charge in [-0.15, -0.1) is 0 Å². The maximum atomic E-state index is 11.7. The van der Waals surface area contributed by atoms with E-state index in [0.717, 1.165) is 42.6 Å². The Kier molecular flexibility index (Phi) is 4.82. The Hall–Kier alpha value is -1.66. The van der Waals surface area contributed by atoms with E-state index in [2.05, 4.69) is 33.1 Å². The minimum Gasteiger partial charge on any atom is -0.282 e. The molecule has 0 atom stereocenters. The lowest BCUT2D eigenvalue weighted by atomic mass is 9.84. The van der Waals surface area contributed by atoms with Gasteiger partial charge in [0.2, 0.25) is 10.0 Å². The molecule has 6 heteroatoms. The maximum absolute atomic E-state index is 11.7. The van der Waals surface area contributed by atoms with Gasteiger partial charge in [0.25, 0.3) is 0 Å². The van der Waals surface area contributed by atoms with E-state index >= 15 is 0 Å². The Balaban J connectivity index is 1.61. The highest BCUT2D eigenvalue weighted by Gasteiger charge is 2.26. The summed E-state index contributed by atoms with van der Waals surface area (Å²) in [6.45, 7) is 1.67. The Morgan fingerprint density at radius 1 is 1.17 bits per heavy atom. The van der Waals surface area contributed by atoms with E-state index in [4.69, 9.17) is 0 Å². The highest BCUT2D eigenvalue weighted by molar-refractivity contribution is 7.89. The van der Waals surface area contributed by atoms with Gasteiger partial charge < -0.3 is 0 Å². The predicted molar refractivity (Wildman–Crippen MR) is 91.6 cm³/mol. The third-order valence-corrected chi connectivity index (χ3v) is 6.01. The molecule has 0 unspecified atom stereocenters. The highest BCUT2D eigenvalue weighted by Crippen LogP contribution is 2.33. The topological polar surface area (TPSA) is 74.8 Å². The third-order valence-electron chi connectivity index (χ3n) is 4.56. The zero-order valence-electron chi connectivity index (χ0n) is 13.3. The lowest BCUT2D eigenvalue weighted by molar-refractivity contribution is 0.370. The van der Waals surface area contributed by atoms with Crippen LogP contribution in [-0.4, -0.2) is 30.4 Å². The zero-order chi connectivity index (χ0) is 16.3. The average molecular weight is 333 g/mol. The molecule has 1 heterocycles. The lowest BCUT2D eigenvalue weighted by Crippen LogP contribution is -2.38. The second-order valence-electron chi connectivity index (χ2n) is 6.14. The Morgan fingerprint density at radius 3 is 2.52 bits per heavy atom. The van der Waals surface area contributed by atoms with E-state index in [1.165, 1.54) is 0 Å². The number of nitrogens with zero attached hydrogens (tertiary/aromatic N) is 1. The molecule has 1 fully saturated rings. The van der Waals surface area contributed by atoms with Crippen LogP contribution in [0.15, 0.2) is 36.4 Å². The predicted octanol–water partition coefficient (Wildman–Crippen LogP) is 3.04. The van der Waals surface area contributed by atoms with Gasteiger partial charge in [0.1, 0.15) is 0 Å².